The highest BCUT2D eigenvalue weighted by atomic mass is 32.7. The molecule has 8 nitrogen and oxygen atoms in total. The molecule has 0 bridgehead atoms. The van der Waals surface area contributed by atoms with Gasteiger partial charge in [0.15, 0.2) is 11.5 Å². The van der Waals surface area contributed by atoms with Crippen LogP contribution in [0.1, 0.15) is 112 Å². The fourth-order valence-corrected chi connectivity index (χ4v) is 5.85. The van der Waals surface area contributed by atoms with Gasteiger partial charge in [-0.15, -0.1) is 0 Å². The molecule has 10 heteroatoms. The molecule has 1 aromatic rings. The largest absolute Gasteiger partial charge is 0.422 e. The lowest BCUT2D eigenvalue weighted by molar-refractivity contribution is -0.136. The van der Waals surface area contributed by atoms with Gasteiger partial charge in [0.05, 0.1) is 0 Å². The van der Waals surface area contributed by atoms with Crippen LogP contribution in [0.3, 0.4) is 0 Å². The molecule has 1 aliphatic rings. The van der Waals surface area contributed by atoms with Crippen LogP contribution in [0.4, 0.5) is 0 Å². The second kappa shape index (κ2) is 18.1. The molecule has 0 aliphatic heterocycles. The minimum atomic E-state index is -2.92. The van der Waals surface area contributed by atoms with Crippen LogP contribution in [-0.4, -0.2) is 36.8 Å². The Balaban J connectivity index is 0.000000612. The van der Waals surface area contributed by atoms with Crippen LogP contribution in [0.25, 0.3) is 0 Å². The molecule has 0 saturated heterocycles. The number of ether oxygens (including phenoxy) is 1. The number of hydrogen-bond acceptors (Lipinski definition) is 8. The Morgan fingerprint density at radius 2 is 1.37 bits per heavy atom. The first-order valence-corrected chi connectivity index (χ1v) is 16.7. The number of nitrogens with one attached hydrogen (secondary N) is 1. The van der Waals surface area contributed by atoms with Gasteiger partial charge < -0.3 is 9.26 Å². The zero-order valence-corrected chi connectivity index (χ0v) is 25.0. The summed E-state index contributed by atoms with van der Waals surface area (Å²) in [6.07, 6.45) is 14.1. The summed E-state index contributed by atoms with van der Waals surface area (Å²) in [6, 6.07) is 6.73. The number of Topliss-reactive ketones (excluding diaryl/α,β-unsaturated/α-hetero) is 2. The Hall–Kier alpha value is -2.22. The number of fused-ring (bicyclic) bond motifs is 1. The number of esters is 1. The number of rotatable bonds is 15. The van der Waals surface area contributed by atoms with Crippen molar-refractivity contribution in [3.8, 4) is 0 Å². The lowest BCUT2D eigenvalue weighted by Gasteiger charge is -2.20. The van der Waals surface area contributed by atoms with E-state index in [4.69, 9.17) is 4.74 Å². The first-order chi connectivity index (χ1) is 18.1. The molecular weight excluding hydrogens is 525 g/mol. The molecule has 1 amide bonds. The van der Waals surface area contributed by atoms with Crippen molar-refractivity contribution >= 4 is 41.5 Å². The lowest BCUT2D eigenvalue weighted by atomic mass is 9.86. The molecule has 0 spiro atoms. The predicted molar refractivity (Wildman–Crippen MR) is 152 cm³/mol. The smallest absolute Gasteiger partial charge is 0.352 e. The second-order valence-electron chi connectivity index (χ2n) is 9.07. The molecule has 0 fully saturated rings. The summed E-state index contributed by atoms with van der Waals surface area (Å²) in [4.78, 5) is 47.4. The average molecular weight is 568 g/mol. The van der Waals surface area contributed by atoms with E-state index in [1.54, 1.807) is 30.5 Å². The minimum Gasteiger partial charge on any atom is -0.422 e. The van der Waals surface area contributed by atoms with Gasteiger partial charge in [0.1, 0.15) is 0 Å². The van der Waals surface area contributed by atoms with E-state index in [1.807, 2.05) is 0 Å². The van der Waals surface area contributed by atoms with Gasteiger partial charge in [-0.1, -0.05) is 100 Å². The van der Waals surface area contributed by atoms with E-state index < -0.39 is 12.7 Å². The molecule has 1 N–H and O–H groups in total. The van der Waals surface area contributed by atoms with Crippen LogP contribution >= 0.6 is 18.1 Å². The summed E-state index contributed by atoms with van der Waals surface area (Å²) in [5, 5.41) is 2.21. The molecule has 1 atom stereocenters. The van der Waals surface area contributed by atoms with Gasteiger partial charge in [0.25, 0.3) is 0 Å². The van der Waals surface area contributed by atoms with Gasteiger partial charge in [-0.05, 0) is 19.1 Å². The molecule has 1 aliphatic carbocycles. The molecule has 38 heavy (non-hydrogen) atoms. The number of carbonyl (C=O) groups excluding carboxylic acids is 4. The summed E-state index contributed by atoms with van der Waals surface area (Å²) < 4.78 is 20.9. The van der Waals surface area contributed by atoms with Crippen LogP contribution in [-0.2, 0) is 23.4 Å². The van der Waals surface area contributed by atoms with Crippen molar-refractivity contribution in [3.05, 3.63) is 46.7 Å². The molecule has 0 heterocycles. The van der Waals surface area contributed by atoms with E-state index >= 15 is 0 Å². The fourth-order valence-electron chi connectivity index (χ4n) is 4.03. The molecular formula is C28H42NO7PS. The molecule has 1 unspecified atom stereocenters. The average Bonchev–Trinajstić information content (AvgIpc) is 2.89. The maximum absolute atomic E-state index is 12.8. The van der Waals surface area contributed by atoms with Crippen LogP contribution in [0.5, 0.6) is 0 Å². The number of unbranched alkanes of at least 4 members (excludes halogenated alkanes) is 9. The third kappa shape index (κ3) is 11.7. The van der Waals surface area contributed by atoms with E-state index in [2.05, 4.69) is 16.5 Å². The van der Waals surface area contributed by atoms with Gasteiger partial charge in [-0.25, -0.2) is 0 Å². The van der Waals surface area contributed by atoms with Crippen LogP contribution in [0, 0.1) is 0 Å². The topological polar surface area (TPSA) is 116 Å². The van der Waals surface area contributed by atoms with Gasteiger partial charge in [0.2, 0.25) is 11.7 Å². The van der Waals surface area contributed by atoms with E-state index in [9.17, 15) is 23.7 Å². The Morgan fingerprint density at radius 3 is 1.79 bits per heavy atom. The number of benzene rings is 1. The van der Waals surface area contributed by atoms with Crippen molar-refractivity contribution in [2.45, 2.75) is 91.4 Å². The van der Waals surface area contributed by atoms with Crippen molar-refractivity contribution in [3.63, 3.8) is 0 Å². The summed E-state index contributed by atoms with van der Waals surface area (Å²) in [5.74, 6) is -1.56. The van der Waals surface area contributed by atoms with Crippen LogP contribution < -0.4 is 5.09 Å². The molecule has 1 aromatic carbocycles. The van der Waals surface area contributed by atoms with Crippen molar-refractivity contribution in [2.75, 3.05) is 13.4 Å². The summed E-state index contributed by atoms with van der Waals surface area (Å²) in [6.45, 7) is 1.85. The van der Waals surface area contributed by atoms with Crippen molar-refractivity contribution < 1.29 is 33.0 Å². The lowest BCUT2D eigenvalue weighted by Crippen LogP contribution is -2.24. The Morgan fingerprint density at radius 1 is 0.868 bits per heavy atom. The number of hydrogen-bond donors (Lipinski definition) is 1. The minimum absolute atomic E-state index is 0.0767. The third-order valence-corrected chi connectivity index (χ3v) is 9.69. The predicted octanol–water partition coefficient (Wildman–Crippen LogP) is 7.43. The highest BCUT2D eigenvalue weighted by Gasteiger charge is 2.33. The highest BCUT2D eigenvalue weighted by molar-refractivity contribution is 8.55. The van der Waals surface area contributed by atoms with E-state index in [0.717, 1.165) is 30.6 Å². The first kappa shape index (κ1) is 33.8. The first-order valence-electron chi connectivity index (χ1n) is 13.2. The Labute approximate surface area is 230 Å². The summed E-state index contributed by atoms with van der Waals surface area (Å²) in [5.41, 5.74) is 1.07. The van der Waals surface area contributed by atoms with E-state index in [1.165, 1.54) is 65.9 Å². The van der Waals surface area contributed by atoms with E-state index in [-0.39, 0.29) is 23.2 Å². The quantitative estimate of drug-likeness (QED) is 0.132. The van der Waals surface area contributed by atoms with Crippen LogP contribution in [0.2, 0.25) is 0 Å². The van der Waals surface area contributed by atoms with Crippen LogP contribution in [0.15, 0.2) is 35.6 Å². The maximum Gasteiger partial charge on any atom is 0.352 e. The molecule has 2 rings (SSSR count). The zero-order valence-electron chi connectivity index (χ0n) is 23.3. The van der Waals surface area contributed by atoms with Gasteiger partial charge in [-0.2, -0.15) is 0 Å². The molecule has 0 radical (unpaired) electrons. The third-order valence-electron chi connectivity index (χ3n) is 5.97. The second-order valence-corrected chi connectivity index (χ2v) is 13.6. The number of allylic oxidation sites excluding steroid dienone is 2. The van der Waals surface area contributed by atoms with Crippen molar-refractivity contribution in [1.29, 1.82) is 0 Å². The normalized spacial score (nSPS) is 14.2. The van der Waals surface area contributed by atoms with Crippen molar-refractivity contribution in [1.82, 2.24) is 5.09 Å². The molecule has 0 saturated carbocycles. The molecule has 0 aromatic heterocycles. The number of carbonyl (C=O) groups is 4. The monoisotopic (exact) mass is 567 g/mol. The van der Waals surface area contributed by atoms with E-state index in [0.29, 0.717) is 23.1 Å². The number of amides is 1. The summed E-state index contributed by atoms with van der Waals surface area (Å²) in [7, 11) is 1.30. The maximum atomic E-state index is 12.8. The Bertz CT molecular complexity index is 1030. The zero-order chi connectivity index (χ0) is 28.6. The SMILES string of the molecule is CCCCCCCCCCCCC1=C(OC(C)=O)C(=O)c2ccccc2C1=O.COP(=O)(NC(C)=O)SC. The summed E-state index contributed by atoms with van der Waals surface area (Å²) >= 11 is 1.00. The fraction of sp³-hybridized carbons (Fsp3) is 0.571. The standard InChI is InChI=1S/C24H32O4.C4H10NO3PS/c1-3-4-5-6-7-8-9-10-11-12-17-21-22(26)19-15-13-14-16-20(19)23(27)24(21)28-18(2)25;1-4(6)5-9(7,8-2)10-3/h13-16H,3-12,17H2,1-2H3;1-3H3,(H,5,6,7). The number of ketones is 2. The van der Waals surface area contributed by atoms with Gasteiger partial charge >= 0.3 is 12.7 Å². The van der Waals surface area contributed by atoms with Crippen molar-refractivity contribution in [2.24, 2.45) is 0 Å². The van der Waals surface area contributed by atoms with Gasteiger partial charge in [0, 0.05) is 37.7 Å². The highest BCUT2D eigenvalue weighted by Crippen LogP contribution is 2.53. The molecule has 212 valence electrons. The van der Waals surface area contributed by atoms with Gasteiger partial charge in [-0.3, -0.25) is 28.8 Å². The Kier molecular flexibility index (Phi) is 16.1.